The van der Waals surface area contributed by atoms with Crippen molar-refractivity contribution >= 4 is 33.8 Å². The minimum absolute atomic E-state index is 0.748. The molecule has 0 aliphatic rings. The summed E-state index contributed by atoms with van der Waals surface area (Å²) >= 11 is 7.99. The van der Waals surface area contributed by atoms with Crippen LogP contribution in [0.2, 0.25) is 5.02 Å². The van der Waals surface area contributed by atoms with Crippen molar-refractivity contribution in [3.05, 3.63) is 51.6 Å². The van der Waals surface area contributed by atoms with E-state index < -0.39 is 0 Å². The maximum atomic E-state index is 6.35. The largest absolute Gasteiger partial charge is 0.356 e. The zero-order valence-electron chi connectivity index (χ0n) is 10.3. The lowest BCUT2D eigenvalue weighted by atomic mass is 10.2. The molecule has 19 heavy (non-hydrogen) atoms. The third-order valence-corrected chi connectivity index (χ3v) is 4.12. The minimum Gasteiger partial charge on any atom is -0.356 e. The van der Waals surface area contributed by atoms with Gasteiger partial charge in [-0.3, -0.25) is 0 Å². The maximum Gasteiger partial charge on any atom is 0.0794 e. The number of fused-ring (bicyclic) bond motifs is 1. The number of nitrogens with zero attached hydrogens (tertiary/aromatic N) is 1. The number of hydrogen-bond acceptors (Lipinski definition) is 3. The Kier molecular flexibility index (Phi) is 3.82. The summed E-state index contributed by atoms with van der Waals surface area (Å²) in [5.41, 5.74) is 5.13. The second kappa shape index (κ2) is 5.74. The molecule has 2 heterocycles. The van der Waals surface area contributed by atoms with Crippen molar-refractivity contribution in [3.63, 3.8) is 0 Å². The first kappa shape index (κ1) is 12.7. The molecule has 2 aromatic heterocycles. The van der Waals surface area contributed by atoms with Crippen molar-refractivity contribution in [1.82, 2.24) is 15.3 Å². The van der Waals surface area contributed by atoms with Crippen molar-refractivity contribution in [2.45, 2.75) is 13.0 Å². The van der Waals surface area contributed by atoms with Crippen LogP contribution in [0.5, 0.6) is 0 Å². The van der Waals surface area contributed by atoms with Gasteiger partial charge in [0, 0.05) is 41.5 Å². The quantitative estimate of drug-likeness (QED) is 0.705. The molecule has 0 radical (unpaired) electrons. The minimum atomic E-state index is 0.748. The predicted molar refractivity (Wildman–Crippen MR) is 80.8 cm³/mol. The van der Waals surface area contributed by atoms with Crippen molar-refractivity contribution in [2.75, 3.05) is 6.54 Å². The fourth-order valence-corrected chi connectivity index (χ4v) is 2.95. The van der Waals surface area contributed by atoms with Gasteiger partial charge < -0.3 is 10.3 Å². The van der Waals surface area contributed by atoms with Crippen molar-refractivity contribution in [1.29, 1.82) is 0 Å². The van der Waals surface area contributed by atoms with Crippen LogP contribution in [0.25, 0.3) is 10.9 Å². The summed E-state index contributed by atoms with van der Waals surface area (Å²) in [5, 5.41) is 7.37. The molecule has 1 aromatic carbocycles. The molecule has 0 aliphatic heterocycles. The molecular formula is C14H14ClN3S. The summed E-state index contributed by atoms with van der Waals surface area (Å²) in [4.78, 5) is 7.61. The highest BCUT2D eigenvalue weighted by molar-refractivity contribution is 7.07. The van der Waals surface area contributed by atoms with Gasteiger partial charge in [0.1, 0.15) is 0 Å². The number of thiazole rings is 1. The smallest absolute Gasteiger partial charge is 0.0794 e. The monoisotopic (exact) mass is 291 g/mol. The summed E-state index contributed by atoms with van der Waals surface area (Å²) in [7, 11) is 0. The van der Waals surface area contributed by atoms with Gasteiger partial charge >= 0.3 is 0 Å². The van der Waals surface area contributed by atoms with Crippen molar-refractivity contribution in [3.8, 4) is 0 Å². The maximum absolute atomic E-state index is 6.35. The Hall–Kier alpha value is -1.36. The summed E-state index contributed by atoms with van der Waals surface area (Å²) in [6.45, 7) is 1.65. The summed E-state index contributed by atoms with van der Waals surface area (Å²) in [5.74, 6) is 0. The van der Waals surface area contributed by atoms with Gasteiger partial charge in [0.25, 0.3) is 0 Å². The second-order valence-corrected chi connectivity index (χ2v) is 5.47. The molecule has 0 atom stereocenters. The molecule has 0 fully saturated rings. The zero-order valence-corrected chi connectivity index (χ0v) is 11.9. The van der Waals surface area contributed by atoms with E-state index in [1.54, 1.807) is 11.3 Å². The highest BCUT2D eigenvalue weighted by Crippen LogP contribution is 2.26. The van der Waals surface area contributed by atoms with Crippen molar-refractivity contribution in [2.24, 2.45) is 0 Å². The fraction of sp³-hybridized carbons (Fsp3) is 0.214. The summed E-state index contributed by atoms with van der Waals surface area (Å²) in [6, 6.07) is 8.09. The number of aromatic nitrogens is 2. The Bertz CT molecular complexity index is 660. The lowest BCUT2D eigenvalue weighted by Gasteiger charge is -2.02. The van der Waals surface area contributed by atoms with Gasteiger partial charge in [-0.2, -0.15) is 0 Å². The molecule has 0 bridgehead atoms. The number of benzene rings is 1. The number of para-hydroxylation sites is 1. The van der Waals surface area contributed by atoms with E-state index in [0.717, 1.165) is 46.8 Å². The van der Waals surface area contributed by atoms with E-state index in [0.29, 0.717) is 0 Å². The van der Waals surface area contributed by atoms with Gasteiger partial charge in [-0.05, 0) is 6.07 Å². The Morgan fingerprint density at radius 1 is 1.32 bits per heavy atom. The molecule has 3 rings (SSSR count). The summed E-state index contributed by atoms with van der Waals surface area (Å²) < 4.78 is 0. The lowest BCUT2D eigenvalue weighted by Crippen LogP contribution is -2.17. The molecule has 0 saturated carbocycles. The Labute approximate surface area is 120 Å². The van der Waals surface area contributed by atoms with Gasteiger partial charge in [0.15, 0.2) is 0 Å². The lowest BCUT2D eigenvalue weighted by molar-refractivity contribution is 0.673. The number of H-pyrrole nitrogens is 1. The Morgan fingerprint density at radius 3 is 3.00 bits per heavy atom. The highest BCUT2D eigenvalue weighted by atomic mass is 35.5. The highest BCUT2D eigenvalue weighted by Gasteiger charge is 2.08. The Balaban J connectivity index is 1.61. The first-order chi connectivity index (χ1) is 9.34. The van der Waals surface area contributed by atoms with E-state index in [1.165, 1.54) is 0 Å². The van der Waals surface area contributed by atoms with E-state index in [9.17, 15) is 0 Å². The molecule has 0 spiro atoms. The fourth-order valence-electron chi connectivity index (χ4n) is 2.08. The van der Waals surface area contributed by atoms with Gasteiger partial charge in [-0.15, -0.1) is 11.3 Å². The van der Waals surface area contributed by atoms with Crippen LogP contribution < -0.4 is 5.32 Å². The van der Waals surface area contributed by atoms with Crippen LogP contribution >= 0.6 is 22.9 Å². The van der Waals surface area contributed by atoms with Crippen LogP contribution in [-0.2, 0) is 13.0 Å². The average molecular weight is 292 g/mol. The molecule has 98 valence electrons. The first-order valence-corrected chi connectivity index (χ1v) is 7.49. The molecule has 3 aromatic rings. The van der Waals surface area contributed by atoms with Crippen LogP contribution in [0.15, 0.2) is 35.2 Å². The molecule has 5 heteroatoms. The third-order valence-electron chi connectivity index (χ3n) is 3.06. The van der Waals surface area contributed by atoms with Crippen LogP contribution in [0.3, 0.4) is 0 Å². The van der Waals surface area contributed by atoms with Gasteiger partial charge in [-0.1, -0.05) is 29.8 Å². The Morgan fingerprint density at radius 2 is 2.21 bits per heavy atom. The van der Waals surface area contributed by atoms with Crippen LogP contribution in [0.1, 0.15) is 11.4 Å². The third kappa shape index (κ3) is 2.81. The van der Waals surface area contributed by atoms with Crippen molar-refractivity contribution < 1.29 is 0 Å². The molecular weight excluding hydrogens is 278 g/mol. The molecule has 0 amide bonds. The van der Waals surface area contributed by atoms with E-state index in [-0.39, 0.29) is 0 Å². The van der Waals surface area contributed by atoms with E-state index in [1.807, 2.05) is 29.8 Å². The predicted octanol–water partition coefficient (Wildman–Crippen LogP) is 3.61. The SMILES string of the molecule is Clc1c(CNCCc2cscn2)[nH]c2ccccc12. The topological polar surface area (TPSA) is 40.7 Å². The first-order valence-electron chi connectivity index (χ1n) is 6.17. The molecule has 3 nitrogen and oxygen atoms in total. The number of hydrogen-bond donors (Lipinski definition) is 2. The summed E-state index contributed by atoms with van der Waals surface area (Å²) in [6.07, 6.45) is 0.946. The average Bonchev–Trinajstić information content (AvgIpc) is 3.04. The van der Waals surface area contributed by atoms with E-state index in [4.69, 9.17) is 11.6 Å². The molecule has 0 aliphatic carbocycles. The van der Waals surface area contributed by atoms with E-state index >= 15 is 0 Å². The number of halogens is 1. The second-order valence-electron chi connectivity index (χ2n) is 4.37. The standard InChI is InChI=1S/C14H14ClN3S/c15-14-11-3-1-2-4-12(11)18-13(14)7-16-6-5-10-8-19-9-17-10/h1-4,8-9,16,18H,5-7H2. The van der Waals surface area contributed by atoms with E-state index in [2.05, 4.69) is 20.7 Å². The molecule has 2 N–H and O–H groups in total. The van der Waals surface area contributed by atoms with Gasteiger partial charge in [-0.25, -0.2) is 4.98 Å². The van der Waals surface area contributed by atoms with Crippen LogP contribution in [0.4, 0.5) is 0 Å². The molecule has 0 saturated heterocycles. The van der Waals surface area contributed by atoms with Gasteiger partial charge in [0.05, 0.1) is 16.2 Å². The van der Waals surface area contributed by atoms with Gasteiger partial charge in [0.2, 0.25) is 0 Å². The van der Waals surface area contributed by atoms with Crippen LogP contribution in [-0.4, -0.2) is 16.5 Å². The number of rotatable bonds is 5. The normalized spacial score (nSPS) is 11.2. The number of nitrogens with one attached hydrogen (secondary N) is 2. The van der Waals surface area contributed by atoms with Crippen LogP contribution in [0, 0.1) is 0 Å². The number of aromatic amines is 1. The molecule has 0 unspecified atom stereocenters. The zero-order chi connectivity index (χ0) is 13.1.